The maximum Gasteiger partial charge on any atom is 0.180 e. The van der Waals surface area contributed by atoms with Crippen molar-refractivity contribution in [2.24, 2.45) is 0 Å². The molecule has 0 N–H and O–H groups in total. The van der Waals surface area contributed by atoms with E-state index in [4.69, 9.17) is 8.85 Å². The Morgan fingerprint density at radius 1 is 0.708 bits per heavy atom. The summed E-state index contributed by atoms with van der Waals surface area (Å²) < 4.78 is 11.7. The van der Waals surface area contributed by atoms with Crippen LogP contribution in [-0.4, -0.2) is 43.8 Å². The molecular formula is C16H34O2S4Si2. The SMILES string of the molecule is CO[SiH](CCSSSSCC[SiH](OC)C1CCCC1)C1CCCC1. The molecule has 0 saturated heterocycles. The van der Waals surface area contributed by atoms with Gasteiger partial charge in [0.05, 0.1) is 0 Å². The molecule has 2 aliphatic carbocycles. The van der Waals surface area contributed by atoms with Gasteiger partial charge in [-0.3, -0.25) is 0 Å². The summed E-state index contributed by atoms with van der Waals surface area (Å²) in [6, 6.07) is 2.70. The fourth-order valence-electron chi connectivity index (χ4n) is 4.19. The second-order valence-corrected chi connectivity index (χ2v) is 19.4. The molecule has 2 rings (SSSR count). The summed E-state index contributed by atoms with van der Waals surface area (Å²) in [6.45, 7) is 0. The van der Waals surface area contributed by atoms with Gasteiger partial charge in [-0.2, -0.15) is 0 Å². The van der Waals surface area contributed by atoms with Gasteiger partial charge in [-0.05, 0) is 42.8 Å². The Kier molecular flexibility index (Phi) is 12.7. The molecule has 0 radical (unpaired) electrons. The number of rotatable bonds is 13. The molecule has 0 aromatic rings. The minimum Gasteiger partial charge on any atom is -0.423 e. The molecule has 0 bridgehead atoms. The lowest BCUT2D eigenvalue weighted by Crippen LogP contribution is -2.22. The highest BCUT2D eigenvalue weighted by molar-refractivity contribution is 9.26. The van der Waals surface area contributed by atoms with Crippen molar-refractivity contribution in [2.75, 3.05) is 25.7 Å². The second kappa shape index (κ2) is 13.9. The number of hydrogen-bond acceptors (Lipinski definition) is 6. The minimum atomic E-state index is -0.922. The van der Waals surface area contributed by atoms with Crippen LogP contribution in [0.15, 0.2) is 0 Å². The second-order valence-electron chi connectivity index (χ2n) is 6.99. The smallest absolute Gasteiger partial charge is 0.180 e. The maximum absolute atomic E-state index is 5.86. The van der Waals surface area contributed by atoms with Gasteiger partial charge in [0.2, 0.25) is 0 Å². The molecule has 0 spiro atoms. The molecule has 2 fully saturated rings. The van der Waals surface area contributed by atoms with E-state index in [0.717, 1.165) is 11.1 Å². The molecule has 24 heavy (non-hydrogen) atoms. The molecule has 2 unspecified atom stereocenters. The summed E-state index contributed by atoms with van der Waals surface area (Å²) in [7, 11) is 10.1. The molecule has 2 saturated carbocycles. The van der Waals surface area contributed by atoms with Crippen LogP contribution in [0.1, 0.15) is 51.4 Å². The van der Waals surface area contributed by atoms with Gasteiger partial charge in [0, 0.05) is 25.7 Å². The zero-order valence-corrected chi connectivity index (χ0v) is 20.8. The predicted molar refractivity (Wildman–Crippen MR) is 122 cm³/mol. The van der Waals surface area contributed by atoms with Crippen LogP contribution in [0, 0.1) is 0 Å². The van der Waals surface area contributed by atoms with Crippen LogP contribution in [0.4, 0.5) is 0 Å². The first-order chi connectivity index (χ1) is 11.8. The first-order valence-electron chi connectivity index (χ1n) is 9.48. The Bertz CT molecular complexity index is 286. The van der Waals surface area contributed by atoms with Crippen molar-refractivity contribution in [2.45, 2.75) is 74.5 Å². The van der Waals surface area contributed by atoms with Crippen molar-refractivity contribution in [3.05, 3.63) is 0 Å². The zero-order valence-electron chi connectivity index (χ0n) is 15.2. The normalized spacial score (nSPS) is 22.2. The molecule has 0 aromatic heterocycles. The standard InChI is InChI=1S/C16H34O2S4Si2/c1-17-23(15-7-3-4-8-15)13-11-19-21-22-20-12-14-24(18-2)16-9-5-6-10-16/h15-16,23-24H,3-14H2,1-2H3. The average Bonchev–Trinajstić information content (AvgIpc) is 3.30. The van der Waals surface area contributed by atoms with Gasteiger partial charge >= 0.3 is 0 Å². The van der Waals surface area contributed by atoms with E-state index in [2.05, 4.69) is 0 Å². The van der Waals surface area contributed by atoms with Crippen molar-refractivity contribution in [1.29, 1.82) is 0 Å². The summed E-state index contributed by atoms with van der Waals surface area (Å²) in [6.07, 6.45) is 11.5. The monoisotopic (exact) mass is 442 g/mol. The number of hydrogen-bond donors (Lipinski definition) is 0. The molecule has 2 nitrogen and oxygen atoms in total. The van der Waals surface area contributed by atoms with E-state index in [1.54, 1.807) is 0 Å². The zero-order chi connectivity index (χ0) is 17.0. The largest absolute Gasteiger partial charge is 0.423 e. The molecule has 0 amide bonds. The van der Waals surface area contributed by atoms with Crippen LogP contribution >= 0.6 is 41.2 Å². The Labute approximate surface area is 167 Å². The summed E-state index contributed by atoms with van der Waals surface area (Å²) in [5, 5.41) is 0. The van der Waals surface area contributed by atoms with E-state index in [1.165, 1.54) is 75.0 Å². The molecule has 2 atom stereocenters. The van der Waals surface area contributed by atoms with Crippen LogP contribution in [0.5, 0.6) is 0 Å². The lowest BCUT2D eigenvalue weighted by molar-refractivity contribution is 0.406. The van der Waals surface area contributed by atoms with Crippen molar-refractivity contribution < 1.29 is 8.85 Å². The van der Waals surface area contributed by atoms with Gasteiger partial charge in [-0.1, -0.05) is 73.0 Å². The molecule has 0 heterocycles. The fraction of sp³-hybridized carbons (Fsp3) is 1.00. The van der Waals surface area contributed by atoms with Gasteiger partial charge in [-0.25, -0.2) is 0 Å². The summed E-state index contributed by atoms with van der Waals surface area (Å²) >= 11 is 0. The molecule has 0 aliphatic heterocycles. The van der Waals surface area contributed by atoms with Crippen molar-refractivity contribution in [3.8, 4) is 0 Å². The predicted octanol–water partition coefficient (Wildman–Crippen LogP) is 6.29. The van der Waals surface area contributed by atoms with Crippen LogP contribution in [0.3, 0.4) is 0 Å². The van der Waals surface area contributed by atoms with E-state index < -0.39 is 18.1 Å². The fourth-order valence-corrected chi connectivity index (χ4v) is 18.1. The van der Waals surface area contributed by atoms with Gasteiger partial charge < -0.3 is 8.85 Å². The quantitative estimate of drug-likeness (QED) is 0.188. The van der Waals surface area contributed by atoms with E-state index in [-0.39, 0.29) is 0 Å². The first-order valence-corrected chi connectivity index (χ1v) is 18.5. The third-order valence-corrected chi connectivity index (χ3v) is 19.3. The Morgan fingerprint density at radius 2 is 1.08 bits per heavy atom. The van der Waals surface area contributed by atoms with E-state index in [9.17, 15) is 0 Å². The van der Waals surface area contributed by atoms with Crippen molar-refractivity contribution in [3.63, 3.8) is 0 Å². The van der Waals surface area contributed by atoms with Crippen molar-refractivity contribution in [1.82, 2.24) is 0 Å². The van der Waals surface area contributed by atoms with Crippen LogP contribution in [0.25, 0.3) is 0 Å². The van der Waals surface area contributed by atoms with E-state index >= 15 is 0 Å². The highest BCUT2D eigenvalue weighted by Gasteiger charge is 2.27. The summed E-state index contributed by atoms with van der Waals surface area (Å²) in [4.78, 5) is 0. The van der Waals surface area contributed by atoms with Gasteiger partial charge in [0.25, 0.3) is 0 Å². The van der Waals surface area contributed by atoms with E-state index in [1.807, 2.05) is 55.5 Å². The summed E-state index contributed by atoms with van der Waals surface area (Å²) in [5.74, 6) is 2.55. The molecular weight excluding hydrogens is 409 g/mol. The Balaban J connectivity index is 1.43. The van der Waals surface area contributed by atoms with Crippen LogP contribution in [-0.2, 0) is 8.85 Å². The molecule has 0 aromatic carbocycles. The average molecular weight is 443 g/mol. The molecule has 2 aliphatic rings. The van der Waals surface area contributed by atoms with Crippen molar-refractivity contribution >= 4 is 59.3 Å². The molecule has 142 valence electrons. The van der Waals surface area contributed by atoms with Crippen LogP contribution in [0.2, 0.25) is 23.2 Å². The topological polar surface area (TPSA) is 18.5 Å². The summed E-state index contributed by atoms with van der Waals surface area (Å²) in [5.41, 5.74) is 1.93. The first kappa shape index (κ1) is 22.0. The minimum absolute atomic E-state index is 0.922. The van der Waals surface area contributed by atoms with Gasteiger partial charge in [0.1, 0.15) is 0 Å². The highest BCUT2D eigenvalue weighted by atomic mass is 33.7. The third-order valence-electron chi connectivity index (χ3n) is 5.55. The van der Waals surface area contributed by atoms with Gasteiger partial charge in [-0.15, -0.1) is 0 Å². The van der Waals surface area contributed by atoms with Crippen LogP contribution < -0.4 is 0 Å². The molecule has 8 heteroatoms. The van der Waals surface area contributed by atoms with E-state index in [0.29, 0.717) is 0 Å². The maximum atomic E-state index is 5.86. The van der Waals surface area contributed by atoms with Gasteiger partial charge in [0.15, 0.2) is 18.1 Å². The third kappa shape index (κ3) is 8.19. The lowest BCUT2D eigenvalue weighted by Gasteiger charge is -2.19. The highest BCUT2D eigenvalue weighted by Crippen LogP contribution is 2.45. The lowest BCUT2D eigenvalue weighted by atomic mass is 10.4. The Morgan fingerprint density at radius 3 is 1.42 bits per heavy atom. The Hall–Kier alpha value is 1.75.